The lowest BCUT2D eigenvalue weighted by Gasteiger charge is -2.25. The molecule has 1 aromatic heterocycles. The van der Waals surface area contributed by atoms with Gasteiger partial charge in [0.2, 0.25) is 0 Å². The van der Waals surface area contributed by atoms with E-state index < -0.39 is 0 Å². The van der Waals surface area contributed by atoms with E-state index in [0.717, 1.165) is 30.9 Å². The number of rotatable bonds is 6. The highest BCUT2D eigenvalue weighted by Gasteiger charge is 2.34. The highest BCUT2D eigenvalue weighted by atomic mass is 16.6. The molecule has 0 spiro atoms. The van der Waals surface area contributed by atoms with Crippen molar-refractivity contribution in [3.05, 3.63) is 52.0 Å². The number of nitro groups is 1. The van der Waals surface area contributed by atoms with Gasteiger partial charge < -0.3 is 18.8 Å². The van der Waals surface area contributed by atoms with E-state index in [0.29, 0.717) is 12.3 Å². The molecule has 0 N–H and O–H groups in total. The van der Waals surface area contributed by atoms with Gasteiger partial charge in [-0.05, 0) is 37.1 Å². The first-order chi connectivity index (χ1) is 11.7. The average molecular weight is 332 g/mol. The molecule has 0 radical (unpaired) electrons. The molecule has 0 saturated carbocycles. The second kappa shape index (κ2) is 6.92. The predicted molar refractivity (Wildman–Crippen MR) is 88.4 cm³/mol. The normalized spacial score (nSPS) is 17.2. The standard InChI is InChI=1S/C17H20N2O5/c1-22-11-12-8-9-15(24-12)13-6-4-10-18(13)14-5-3-7-16(23-2)17(14)19(20)21/h3,5,7-9,13H,4,6,10-11H2,1-2H3/t13-/m1/s1. The second-order valence-electron chi connectivity index (χ2n) is 5.67. The number of anilines is 1. The Morgan fingerprint density at radius 1 is 1.33 bits per heavy atom. The summed E-state index contributed by atoms with van der Waals surface area (Å²) in [4.78, 5) is 13.2. The molecule has 1 aliphatic heterocycles. The van der Waals surface area contributed by atoms with Crippen LogP contribution >= 0.6 is 0 Å². The molecule has 0 amide bonds. The molecule has 1 atom stereocenters. The van der Waals surface area contributed by atoms with Crippen LogP contribution in [0.3, 0.4) is 0 Å². The van der Waals surface area contributed by atoms with E-state index in [1.807, 2.05) is 17.0 Å². The van der Waals surface area contributed by atoms with Crippen molar-refractivity contribution in [3.8, 4) is 5.75 Å². The third-order valence-electron chi connectivity index (χ3n) is 4.24. The van der Waals surface area contributed by atoms with Gasteiger partial charge in [0.25, 0.3) is 0 Å². The van der Waals surface area contributed by atoms with Crippen LogP contribution in [0.2, 0.25) is 0 Å². The van der Waals surface area contributed by atoms with Gasteiger partial charge in [0.15, 0.2) is 5.75 Å². The summed E-state index contributed by atoms with van der Waals surface area (Å²) < 4.78 is 16.1. The number of nitro benzene ring substituents is 1. The van der Waals surface area contributed by atoms with Crippen molar-refractivity contribution in [2.75, 3.05) is 25.7 Å². The molecule has 1 fully saturated rings. The lowest BCUT2D eigenvalue weighted by atomic mass is 10.1. The zero-order chi connectivity index (χ0) is 17.1. The van der Waals surface area contributed by atoms with Crippen molar-refractivity contribution in [1.82, 2.24) is 0 Å². The highest BCUT2D eigenvalue weighted by Crippen LogP contribution is 2.44. The van der Waals surface area contributed by atoms with Crippen molar-refractivity contribution in [2.24, 2.45) is 0 Å². The monoisotopic (exact) mass is 332 g/mol. The molecule has 0 unspecified atom stereocenters. The minimum Gasteiger partial charge on any atom is -0.490 e. The quantitative estimate of drug-likeness (QED) is 0.593. The first-order valence-electron chi connectivity index (χ1n) is 7.81. The Kier molecular flexibility index (Phi) is 4.71. The summed E-state index contributed by atoms with van der Waals surface area (Å²) in [6.07, 6.45) is 1.83. The molecule has 7 nitrogen and oxygen atoms in total. The van der Waals surface area contributed by atoms with Crippen molar-refractivity contribution in [3.63, 3.8) is 0 Å². The van der Waals surface area contributed by atoms with Crippen LogP contribution in [-0.4, -0.2) is 25.7 Å². The van der Waals surface area contributed by atoms with Crippen molar-refractivity contribution in [2.45, 2.75) is 25.5 Å². The van der Waals surface area contributed by atoms with Gasteiger partial charge >= 0.3 is 5.69 Å². The zero-order valence-corrected chi connectivity index (χ0v) is 13.7. The molecular formula is C17H20N2O5. The second-order valence-corrected chi connectivity index (χ2v) is 5.67. The topological polar surface area (TPSA) is 78.0 Å². The van der Waals surface area contributed by atoms with E-state index in [1.54, 1.807) is 25.3 Å². The SMILES string of the molecule is COCc1ccc([C@H]2CCCN2c2cccc(OC)c2[N+](=O)[O-])o1. The molecule has 3 rings (SSSR count). The fourth-order valence-corrected chi connectivity index (χ4v) is 3.24. The maximum Gasteiger partial charge on any atom is 0.333 e. The first kappa shape index (κ1) is 16.3. The summed E-state index contributed by atoms with van der Waals surface area (Å²) >= 11 is 0. The van der Waals surface area contributed by atoms with E-state index >= 15 is 0 Å². The number of para-hydroxylation sites is 1. The van der Waals surface area contributed by atoms with Crippen LogP contribution in [-0.2, 0) is 11.3 Å². The van der Waals surface area contributed by atoms with Gasteiger partial charge in [0.05, 0.1) is 18.1 Å². The summed E-state index contributed by atoms with van der Waals surface area (Å²) in [6, 6.07) is 8.92. The van der Waals surface area contributed by atoms with Gasteiger partial charge in [-0.1, -0.05) is 6.07 Å². The van der Waals surface area contributed by atoms with Gasteiger partial charge in [-0.2, -0.15) is 0 Å². The molecule has 1 aliphatic rings. The Morgan fingerprint density at radius 3 is 2.88 bits per heavy atom. The number of methoxy groups -OCH3 is 2. The summed E-state index contributed by atoms with van der Waals surface area (Å²) in [7, 11) is 3.06. The summed E-state index contributed by atoms with van der Waals surface area (Å²) in [5.74, 6) is 1.82. The first-order valence-corrected chi connectivity index (χ1v) is 7.81. The minimum absolute atomic E-state index is 0.00410. The lowest BCUT2D eigenvalue weighted by molar-refractivity contribution is -0.385. The predicted octanol–water partition coefficient (Wildman–Crippen LogP) is 3.68. The third-order valence-corrected chi connectivity index (χ3v) is 4.24. The van der Waals surface area contributed by atoms with E-state index in [1.165, 1.54) is 7.11 Å². The lowest BCUT2D eigenvalue weighted by Crippen LogP contribution is -2.23. The van der Waals surface area contributed by atoms with Crippen molar-refractivity contribution < 1.29 is 18.8 Å². The number of nitrogens with zero attached hydrogens (tertiary/aromatic N) is 2. The highest BCUT2D eigenvalue weighted by molar-refractivity contribution is 5.70. The molecule has 7 heteroatoms. The molecule has 128 valence electrons. The molecule has 0 aliphatic carbocycles. The molecule has 1 saturated heterocycles. The third kappa shape index (κ3) is 2.94. The molecule has 1 aromatic carbocycles. The largest absolute Gasteiger partial charge is 0.490 e. The number of hydrogen-bond acceptors (Lipinski definition) is 6. The maximum atomic E-state index is 11.5. The summed E-state index contributed by atoms with van der Waals surface area (Å²) in [5, 5.41) is 11.5. The Balaban J connectivity index is 1.97. The fourth-order valence-electron chi connectivity index (χ4n) is 3.24. The number of hydrogen-bond donors (Lipinski definition) is 0. The molecule has 2 aromatic rings. The Morgan fingerprint density at radius 2 is 2.17 bits per heavy atom. The van der Waals surface area contributed by atoms with Gasteiger partial charge in [0.1, 0.15) is 23.8 Å². The number of furan rings is 1. The molecule has 2 heterocycles. The van der Waals surface area contributed by atoms with Crippen LogP contribution in [0.5, 0.6) is 5.75 Å². The van der Waals surface area contributed by atoms with Crippen LogP contribution in [0.25, 0.3) is 0 Å². The van der Waals surface area contributed by atoms with Gasteiger partial charge in [-0.25, -0.2) is 0 Å². The van der Waals surface area contributed by atoms with E-state index in [2.05, 4.69) is 0 Å². The van der Waals surface area contributed by atoms with Crippen LogP contribution in [0, 0.1) is 10.1 Å². The summed E-state index contributed by atoms with van der Waals surface area (Å²) in [5.41, 5.74) is 0.558. The number of ether oxygens (including phenoxy) is 2. The van der Waals surface area contributed by atoms with E-state index in [9.17, 15) is 10.1 Å². The number of benzene rings is 1. The Hall–Kier alpha value is -2.54. The molecule has 24 heavy (non-hydrogen) atoms. The van der Waals surface area contributed by atoms with Crippen LogP contribution in [0.4, 0.5) is 11.4 Å². The smallest absolute Gasteiger partial charge is 0.333 e. The van der Waals surface area contributed by atoms with E-state index in [-0.39, 0.29) is 22.4 Å². The van der Waals surface area contributed by atoms with Crippen molar-refractivity contribution in [1.29, 1.82) is 0 Å². The van der Waals surface area contributed by atoms with Crippen LogP contribution in [0.1, 0.15) is 30.4 Å². The Bertz CT molecular complexity index is 728. The van der Waals surface area contributed by atoms with Crippen LogP contribution < -0.4 is 9.64 Å². The van der Waals surface area contributed by atoms with E-state index in [4.69, 9.17) is 13.9 Å². The van der Waals surface area contributed by atoms with Gasteiger partial charge in [0, 0.05) is 13.7 Å². The zero-order valence-electron chi connectivity index (χ0n) is 13.7. The van der Waals surface area contributed by atoms with Gasteiger partial charge in [-0.3, -0.25) is 10.1 Å². The Labute approximate surface area is 139 Å². The minimum atomic E-state index is -0.387. The fraction of sp³-hybridized carbons (Fsp3) is 0.412. The molecule has 0 bridgehead atoms. The van der Waals surface area contributed by atoms with Crippen LogP contribution in [0.15, 0.2) is 34.7 Å². The maximum absolute atomic E-state index is 11.5. The van der Waals surface area contributed by atoms with Gasteiger partial charge in [-0.15, -0.1) is 0 Å². The summed E-state index contributed by atoms with van der Waals surface area (Å²) in [6.45, 7) is 1.14. The average Bonchev–Trinajstić information content (AvgIpc) is 3.23. The van der Waals surface area contributed by atoms with Crippen molar-refractivity contribution >= 4 is 11.4 Å². The molecular weight excluding hydrogens is 312 g/mol.